The van der Waals surface area contributed by atoms with E-state index in [9.17, 15) is 9.59 Å². The van der Waals surface area contributed by atoms with Crippen LogP contribution in [0.3, 0.4) is 0 Å². The van der Waals surface area contributed by atoms with E-state index in [4.69, 9.17) is 11.5 Å². The van der Waals surface area contributed by atoms with E-state index in [0.717, 1.165) is 32.7 Å². The number of hydrogen-bond donors (Lipinski definition) is 4. The highest BCUT2D eigenvalue weighted by Gasteiger charge is 2.45. The van der Waals surface area contributed by atoms with Crippen molar-refractivity contribution in [1.29, 1.82) is 0 Å². The van der Waals surface area contributed by atoms with Gasteiger partial charge in [-0.15, -0.1) is 0 Å². The Kier molecular flexibility index (Phi) is 7.52. The molecule has 0 radical (unpaired) electrons. The maximum absolute atomic E-state index is 13.4. The van der Waals surface area contributed by atoms with Gasteiger partial charge in [-0.2, -0.15) is 0 Å². The van der Waals surface area contributed by atoms with Crippen molar-refractivity contribution in [2.45, 2.75) is 5.41 Å². The molecule has 0 aliphatic heterocycles. The summed E-state index contributed by atoms with van der Waals surface area (Å²) in [6, 6.07) is 55.8. The van der Waals surface area contributed by atoms with Crippen LogP contribution in [-0.4, -0.2) is 11.8 Å². The van der Waals surface area contributed by atoms with E-state index in [1.165, 1.54) is 22.3 Å². The number of fused-ring (bicyclic) bond motifs is 5. The lowest BCUT2D eigenvalue weighted by atomic mass is 9.67. The van der Waals surface area contributed by atoms with Crippen LogP contribution in [-0.2, 0) is 5.41 Å². The zero-order valence-corrected chi connectivity index (χ0v) is 28.6. The molecular weight excluding hydrogens is 653 g/mol. The van der Waals surface area contributed by atoms with Crippen molar-refractivity contribution in [3.63, 3.8) is 0 Å². The monoisotopic (exact) mass is 686 g/mol. The van der Waals surface area contributed by atoms with E-state index in [2.05, 4.69) is 83.4 Å². The van der Waals surface area contributed by atoms with E-state index >= 15 is 0 Å². The molecule has 1 aliphatic rings. The number of rotatable bonds is 6. The summed E-state index contributed by atoms with van der Waals surface area (Å²) in [5.74, 6) is -0.391. The molecule has 0 spiro atoms. The number of benzene rings is 8. The summed E-state index contributed by atoms with van der Waals surface area (Å²) in [5.41, 5.74) is 22.3. The van der Waals surface area contributed by atoms with Gasteiger partial charge in [-0.1, -0.05) is 109 Å². The Hall–Kier alpha value is -7.18. The van der Waals surface area contributed by atoms with Gasteiger partial charge in [-0.05, 0) is 105 Å². The smallest absolute Gasteiger partial charge is 0.255 e. The minimum atomic E-state index is -0.644. The van der Waals surface area contributed by atoms with Crippen LogP contribution in [0.1, 0.15) is 43.0 Å². The molecule has 0 fully saturated rings. The third-order valence-electron chi connectivity index (χ3n) is 10.5. The lowest BCUT2D eigenvalue weighted by Gasteiger charge is -2.34. The highest BCUT2D eigenvalue weighted by Crippen LogP contribution is 2.56. The number of nitrogens with one attached hydrogen (secondary N) is 2. The van der Waals surface area contributed by atoms with Crippen molar-refractivity contribution < 1.29 is 9.59 Å². The van der Waals surface area contributed by atoms with E-state index in [-0.39, 0.29) is 11.8 Å². The largest absolute Gasteiger partial charge is 0.398 e. The van der Waals surface area contributed by atoms with Crippen molar-refractivity contribution in [3.8, 4) is 11.1 Å². The molecule has 0 saturated heterocycles. The van der Waals surface area contributed by atoms with Crippen LogP contribution >= 0.6 is 0 Å². The molecule has 6 heteroatoms. The lowest BCUT2D eigenvalue weighted by molar-refractivity contribution is 0.101. The average molecular weight is 687 g/mol. The van der Waals surface area contributed by atoms with Gasteiger partial charge in [0.2, 0.25) is 0 Å². The molecule has 9 rings (SSSR count). The van der Waals surface area contributed by atoms with E-state index < -0.39 is 5.41 Å². The number of amides is 2. The Balaban J connectivity index is 1.06. The van der Waals surface area contributed by atoms with Crippen LogP contribution in [0.4, 0.5) is 22.7 Å². The summed E-state index contributed by atoms with van der Waals surface area (Å²) in [6.45, 7) is 0. The van der Waals surface area contributed by atoms with Crippen LogP contribution in [0.5, 0.6) is 0 Å². The van der Waals surface area contributed by atoms with Gasteiger partial charge >= 0.3 is 0 Å². The van der Waals surface area contributed by atoms with Crippen molar-refractivity contribution in [3.05, 3.63) is 203 Å². The molecule has 0 heterocycles. The Morgan fingerprint density at radius 3 is 1.28 bits per heavy atom. The topological polar surface area (TPSA) is 110 Å². The fourth-order valence-corrected chi connectivity index (χ4v) is 7.94. The molecule has 6 nitrogen and oxygen atoms in total. The number of nitrogen functional groups attached to an aromatic ring is 2. The van der Waals surface area contributed by atoms with Gasteiger partial charge in [-0.3, -0.25) is 9.59 Å². The van der Waals surface area contributed by atoms with Crippen molar-refractivity contribution in [1.82, 2.24) is 0 Å². The minimum Gasteiger partial charge on any atom is -0.398 e. The highest BCUT2D eigenvalue weighted by atomic mass is 16.2. The Bertz CT molecular complexity index is 2550. The van der Waals surface area contributed by atoms with Gasteiger partial charge in [0.05, 0.1) is 5.41 Å². The maximum Gasteiger partial charge on any atom is 0.255 e. The van der Waals surface area contributed by atoms with Crippen molar-refractivity contribution >= 4 is 56.1 Å². The maximum atomic E-state index is 13.4. The van der Waals surface area contributed by atoms with Crippen LogP contribution in [0.15, 0.2) is 170 Å². The van der Waals surface area contributed by atoms with Crippen molar-refractivity contribution in [2.24, 2.45) is 0 Å². The second-order valence-corrected chi connectivity index (χ2v) is 13.5. The first-order chi connectivity index (χ1) is 25.9. The van der Waals surface area contributed by atoms with Crippen LogP contribution < -0.4 is 22.1 Å². The van der Waals surface area contributed by atoms with Gasteiger partial charge in [0, 0.05) is 44.6 Å². The van der Waals surface area contributed by atoms with Crippen LogP contribution in [0.2, 0.25) is 0 Å². The number of carbonyl (C=O) groups excluding carboxylic acids is 2. The quantitative estimate of drug-likeness (QED) is 0.131. The number of anilines is 4. The molecule has 8 aromatic rings. The third-order valence-corrected chi connectivity index (χ3v) is 10.5. The summed E-state index contributed by atoms with van der Waals surface area (Å²) in [5, 5.41) is 9.83. The molecule has 254 valence electrons. The SMILES string of the molecule is Nc1cccc2cc(C(=O)Nc3ccc(C4(c5ccc(NC(=O)c6ccc7c(N)cccc7c6)cc5)c5ccccc5-c5ccccc54)cc3)ccc12. The minimum absolute atomic E-state index is 0.196. The number of carbonyl (C=O) groups is 2. The molecule has 0 saturated carbocycles. The molecule has 1 aliphatic carbocycles. The predicted octanol–water partition coefficient (Wildman–Crippen LogP) is 10.0. The summed E-state index contributed by atoms with van der Waals surface area (Å²) >= 11 is 0. The fourth-order valence-electron chi connectivity index (χ4n) is 7.94. The van der Waals surface area contributed by atoms with Gasteiger partial charge in [-0.25, -0.2) is 0 Å². The highest BCUT2D eigenvalue weighted by molar-refractivity contribution is 6.08. The third kappa shape index (κ3) is 5.27. The first-order valence-corrected chi connectivity index (χ1v) is 17.5. The Morgan fingerprint density at radius 1 is 0.434 bits per heavy atom. The van der Waals surface area contributed by atoms with Gasteiger partial charge < -0.3 is 22.1 Å². The molecule has 2 amide bonds. The molecule has 0 aromatic heterocycles. The molecule has 8 aromatic carbocycles. The van der Waals surface area contributed by atoms with Gasteiger partial charge in [0.15, 0.2) is 0 Å². The fraction of sp³-hybridized carbons (Fsp3) is 0.0213. The second kappa shape index (κ2) is 12.5. The van der Waals surface area contributed by atoms with E-state index in [1.807, 2.05) is 84.9 Å². The van der Waals surface area contributed by atoms with Crippen LogP contribution in [0, 0.1) is 0 Å². The normalized spacial score (nSPS) is 12.6. The zero-order chi connectivity index (χ0) is 36.1. The first-order valence-electron chi connectivity index (χ1n) is 17.5. The second-order valence-electron chi connectivity index (χ2n) is 13.5. The van der Waals surface area contributed by atoms with Gasteiger partial charge in [0.1, 0.15) is 0 Å². The van der Waals surface area contributed by atoms with E-state index in [1.54, 1.807) is 12.1 Å². The summed E-state index contributed by atoms with van der Waals surface area (Å²) in [4.78, 5) is 26.8. The predicted molar refractivity (Wildman–Crippen MR) is 216 cm³/mol. The number of nitrogens with two attached hydrogens (primary N) is 2. The number of hydrogen-bond acceptors (Lipinski definition) is 4. The molecular formula is C47H34N4O2. The summed E-state index contributed by atoms with van der Waals surface area (Å²) < 4.78 is 0. The molecule has 0 bridgehead atoms. The summed E-state index contributed by atoms with van der Waals surface area (Å²) in [6.07, 6.45) is 0. The lowest BCUT2D eigenvalue weighted by Crippen LogP contribution is -2.28. The molecule has 0 atom stereocenters. The Labute approximate surface area is 306 Å². The van der Waals surface area contributed by atoms with Crippen LogP contribution in [0.25, 0.3) is 32.7 Å². The van der Waals surface area contributed by atoms with Gasteiger partial charge in [0.25, 0.3) is 11.8 Å². The zero-order valence-electron chi connectivity index (χ0n) is 28.6. The first kappa shape index (κ1) is 31.8. The molecule has 0 unspecified atom stereocenters. The van der Waals surface area contributed by atoms with E-state index in [0.29, 0.717) is 33.9 Å². The summed E-state index contributed by atoms with van der Waals surface area (Å²) in [7, 11) is 0. The molecule has 6 N–H and O–H groups in total. The molecule has 53 heavy (non-hydrogen) atoms. The van der Waals surface area contributed by atoms with Crippen molar-refractivity contribution in [2.75, 3.05) is 22.1 Å². The Morgan fingerprint density at radius 2 is 0.849 bits per heavy atom. The average Bonchev–Trinajstić information content (AvgIpc) is 3.49. The standard InChI is InChI=1S/C47H34N4O2/c48-43-13-5-7-29-27-31(15-25-37(29)43)45(52)50-35-21-17-33(18-22-35)47(41-11-3-1-9-39(41)40-10-2-4-12-42(40)47)34-19-23-36(24-20-34)51-46(53)32-16-26-38-30(28-32)8-6-14-44(38)49/h1-28H,48-49H2,(H,50,52)(H,51,53).